The number of carbonyl (C=O) groups is 1. The number of allylic oxidation sites excluding steroid dienone is 4. The van der Waals surface area contributed by atoms with Crippen molar-refractivity contribution in [1.82, 2.24) is 0 Å². The van der Waals surface area contributed by atoms with Crippen LogP contribution in [0.5, 0.6) is 0 Å². The van der Waals surface area contributed by atoms with Gasteiger partial charge in [0.25, 0.3) is 0 Å². The summed E-state index contributed by atoms with van der Waals surface area (Å²) in [7, 11) is 0. The molecule has 4 rings (SSSR count). The number of carbonyl (C=O) groups excluding carboxylic acids is 1. The van der Waals surface area contributed by atoms with Crippen molar-refractivity contribution in [3.8, 4) is 0 Å². The monoisotopic (exact) mass is 330 g/mol. The van der Waals surface area contributed by atoms with Crippen LogP contribution in [0.3, 0.4) is 0 Å². The molecule has 0 aromatic rings. The minimum atomic E-state index is -0.361. The number of fused-ring (bicyclic) bond motifs is 5. The maximum absolute atomic E-state index is 12.3. The number of rotatable bonds is 2. The highest BCUT2D eigenvalue weighted by molar-refractivity contribution is 5.83. The molecule has 0 bridgehead atoms. The van der Waals surface area contributed by atoms with E-state index in [4.69, 9.17) is 0 Å². The molecule has 7 atom stereocenters. The lowest BCUT2D eigenvalue weighted by Gasteiger charge is -2.58. The molecule has 7 unspecified atom stereocenters. The van der Waals surface area contributed by atoms with Gasteiger partial charge >= 0.3 is 0 Å². The number of aliphatic hydroxyl groups excluding tert-OH is 2. The topological polar surface area (TPSA) is 57.5 Å². The van der Waals surface area contributed by atoms with Crippen LogP contribution in [0.25, 0.3) is 0 Å². The summed E-state index contributed by atoms with van der Waals surface area (Å²) in [5.41, 5.74) is 1.35. The van der Waals surface area contributed by atoms with Gasteiger partial charge < -0.3 is 10.2 Å². The van der Waals surface area contributed by atoms with Gasteiger partial charge in [0.1, 0.15) is 6.61 Å². The van der Waals surface area contributed by atoms with Gasteiger partial charge in [0.2, 0.25) is 0 Å². The summed E-state index contributed by atoms with van der Waals surface area (Å²) < 4.78 is 0. The second-order valence-electron chi connectivity index (χ2n) is 9.02. The quantitative estimate of drug-likeness (QED) is 0.764. The molecule has 3 heteroatoms. The van der Waals surface area contributed by atoms with Crippen LogP contribution in [0.1, 0.15) is 52.4 Å². The molecule has 24 heavy (non-hydrogen) atoms. The largest absolute Gasteiger partial charge is 0.393 e. The van der Waals surface area contributed by atoms with Crippen LogP contribution in [0.4, 0.5) is 0 Å². The van der Waals surface area contributed by atoms with Gasteiger partial charge in [-0.1, -0.05) is 37.6 Å². The Hall–Kier alpha value is -0.930. The van der Waals surface area contributed by atoms with Crippen LogP contribution in [0.2, 0.25) is 0 Å². The van der Waals surface area contributed by atoms with Crippen LogP contribution in [0.15, 0.2) is 23.8 Å². The first-order chi connectivity index (χ1) is 11.4. The zero-order valence-electron chi connectivity index (χ0n) is 14.9. The highest BCUT2D eigenvalue weighted by atomic mass is 16.3. The fraction of sp³-hybridized carbons (Fsp3) is 0.762. The summed E-state index contributed by atoms with van der Waals surface area (Å²) in [6, 6.07) is 0. The van der Waals surface area contributed by atoms with Crippen molar-refractivity contribution in [3.63, 3.8) is 0 Å². The van der Waals surface area contributed by atoms with Gasteiger partial charge in [-0.2, -0.15) is 0 Å². The molecule has 0 heterocycles. The molecular formula is C21H30O3. The third-order valence-electron chi connectivity index (χ3n) is 8.09. The lowest BCUT2D eigenvalue weighted by atomic mass is 9.47. The van der Waals surface area contributed by atoms with E-state index in [9.17, 15) is 15.0 Å². The minimum Gasteiger partial charge on any atom is -0.393 e. The highest BCUT2D eigenvalue weighted by Crippen LogP contribution is 2.66. The Bertz CT molecular complexity index is 606. The smallest absolute Gasteiger partial charge is 0.161 e. The van der Waals surface area contributed by atoms with E-state index in [1.54, 1.807) is 0 Å². The molecule has 2 N–H and O–H groups in total. The van der Waals surface area contributed by atoms with E-state index in [0.717, 1.165) is 32.1 Å². The van der Waals surface area contributed by atoms with Crippen molar-refractivity contribution in [3.05, 3.63) is 23.8 Å². The SMILES string of the molecule is CC12C=CCC=C1CCC1C2C(O)CC2(C)C(C(=O)CO)CCC12. The number of hydrogen-bond donors (Lipinski definition) is 2. The van der Waals surface area contributed by atoms with Crippen molar-refractivity contribution in [2.75, 3.05) is 6.61 Å². The van der Waals surface area contributed by atoms with Gasteiger partial charge in [0, 0.05) is 17.3 Å². The molecular weight excluding hydrogens is 300 g/mol. The molecule has 0 radical (unpaired) electrons. The van der Waals surface area contributed by atoms with Crippen LogP contribution >= 0.6 is 0 Å². The van der Waals surface area contributed by atoms with Crippen LogP contribution < -0.4 is 0 Å². The second-order valence-corrected chi connectivity index (χ2v) is 9.02. The third kappa shape index (κ3) is 2.07. The predicted molar refractivity (Wildman–Crippen MR) is 93.2 cm³/mol. The summed E-state index contributed by atoms with van der Waals surface area (Å²) in [4.78, 5) is 12.3. The maximum atomic E-state index is 12.3. The van der Waals surface area contributed by atoms with Gasteiger partial charge in [-0.25, -0.2) is 0 Å². The molecule has 0 amide bonds. The van der Waals surface area contributed by atoms with Crippen molar-refractivity contribution in [2.24, 2.45) is 34.5 Å². The van der Waals surface area contributed by atoms with E-state index in [1.807, 2.05) is 0 Å². The number of hydrogen-bond acceptors (Lipinski definition) is 3. The number of aliphatic hydroxyl groups is 2. The Kier molecular flexibility index (Phi) is 3.81. The highest BCUT2D eigenvalue weighted by Gasteiger charge is 2.62. The van der Waals surface area contributed by atoms with Gasteiger partial charge in [-0.15, -0.1) is 0 Å². The van der Waals surface area contributed by atoms with E-state index in [0.29, 0.717) is 18.3 Å². The van der Waals surface area contributed by atoms with Crippen molar-refractivity contribution < 1.29 is 15.0 Å². The Morgan fingerprint density at radius 3 is 2.83 bits per heavy atom. The molecule has 3 fully saturated rings. The first-order valence-corrected chi connectivity index (χ1v) is 9.60. The zero-order valence-corrected chi connectivity index (χ0v) is 14.9. The summed E-state index contributed by atoms with van der Waals surface area (Å²) in [5.74, 6) is 1.16. The maximum Gasteiger partial charge on any atom is 0.161 e. The zero-order chi connectivity index (χ0) is 17.1. The van der Waals surface area contributed by atoms with Crippen LogP contribution in [-0.4, -0.2) is 28.7 Å². The van der Waals surface area contributed by atoms with Gasteiger partial charge in [-0.3, -0.25) is 4.79 Å². The number of Topliss-reactive ketones (excluding diaryl/α,β-unsaturated/α-hetero) is 1. The first kappa shape index (κ1) is 16.5. The number of ketones is 1. The van der Waals surface area contributed by atoms with Crippen molar-refractivity contribution >= 4 is 5.78 Å². The molecule has 3 nitrogen and oxygen atoms in total. The Balaban J connectivity index is 1.71. The summed E-state index contributed by atoms with van der Waals surface area (Å²) in [6.45, 7) is 4.15. The van der Waals surface area contributed by atoms with Gasteiger partial charge in [0.15, 0.2) is 5.78 Å². The molecule has 0 aliphatic heterocycles. The third-order valence-corrected chi connectivity index (χ3v) is 8.09. The standard InChI is InChI=1S/C21H30O3/c1-20-10-4-3-5-13(20)6-7-14-15-8-9-16(18(24)12-22)21(15,2)11-17(23)19(14)20/h4-5,10,14-17,19,22-23H,3,6-9,11-12H2,1-2H3. The van der Waals surface area contributed by atoms with E-state index >= 15 is 0 Å². The van der Waals surface area contributed by atoms with Crippen molar-refractivity contribution in [2.45, 2.75) is 58.5 Å². The lowest BCUT2D eigenvalue weighted by Crippen LogP contribution is -2.56. The molecule has 0 spiro atoms. The van der Waals surface area contributed by atoms with Gasteiger partial charge in [0.05, 0.1) is 6.10 Å². The average Bonchev–Trinajstić information content (AvgIpc) is 2.89. The van der Waals surface area contributed by atoms with E-state index in [1.165, 1.54) is 5.57 Å². The molecule has 0 aromatic carbocycles. The molecule has 3 saturated carbocycles. The van der Waals surface area contributed by atoms with Gasteiger partial charge in [-0.05, 0) is 55.8 Å². The molecule has 0 aromatic heterocycles. The summed E-state index contributed by atoms with van der Waals surface area (Å²) in [5, 5.41) is 20.5. The Morgan fingerprint density at radius 2 is 2.08 bits per heavy atom. The molecule has 0 saturated heterocycles. The normalized spacial score (nSPS) is 49.8. The van der Waals surface area contributed by atoms with Crippen LogP contribution in [-0.2, 0) is 4.79 Å². The lowest BCUT2D eigenvalue weighted by molar-refractivity contribution is -0.141. The van der Waals surface area contributed by atoms with E-state index < -0.39 is 0 Å². The fourth-order valence-electron chi connectivity index (χ4n) is 7.11. The second kappa shape index (κ2) is 5.54. The molecule has 4 aliphatic carbocycles. The molecule has 132 valence electrons. The average molecular weight is 330 g/mol. The predicted octanol–water partition coefficient (Wildman–Crippen LogP) is 3.26. The van der Waals surface area contributed by atoms with E-state index in [-0.39, 0.29) is 41.2 Å². The van der Waals surface area contributed by atoms with Crippen molar-refractivity contribution in [1.29, 1.82) is 0 Å². The minimum absolute atomic E-state index is 0.0129. The summed E-state index contributed by atoms with van der Waals surface area (Å²) in [6.07, 6.45) is 12.5. The summed E-state index contributed by atoms with van der Waals surface area (Å²) >= 11 is 0. The molecule has 4 aliphatic rings. The first-order valence-electron chi connectivity index (χ1n) is 9.60. The fourth-order valence-corrected chi connectivity index (χ4v) is 7.11. The van der Waals surface area contributed by atoms with E-state index in [2.05, 4.69) is 32.1 Å². The Labute approximate surface area is 144 Å². The van der Waals surface area contributed by atoms with Crippen LogP contribution in [0, 0.1) is 34.5 Å². The Morgan fingerprint density at radius 1 is 1.29 bits per heavy atom.